The number of nitrogens with one attached hydrogen (secondary N) is 2. The van der Waals surface area contributed by atoms with Crippen molar-refractivity contribution in [2.75, 3.05) is 13.1 Å². The Balaban J connectivity index is 1.50. The molecule has 1 saturated heterocycles. The van der Waals surface area contributed by atoms with Crippen LogP contribution in [0.15, 0.2) is 0 Å². The van der Waals surface area contributed by atoms with Gasteiger partial charge in [0.2, 0.25) is 5.91 Å². The van der Waals surface area contributed by atoms with Gasteiger partial charge in [0.1, 0.15) is 0 Å². The van der Waals surface area contributed by atoms with E-state index >= 15 is 0 Å². The van der Waals surface area contributed by atoms with Gasteiger partial charge >= 0.3 is 0 Å². The monoisotopic (exact) mass is 276 g/mol. The number of rotatable bonds is 2. The zero-order valence-electron chi connectivity index (χ0n) is 12.7. The second-order valence-electron chi connectivity index (χ2n) is 8.57. The second kappa shape index (κ2) is 4.46. The van der Waals surface area contributed by atoms with Gasteiger partial charge in [0, 0.05) is 12.6 Å². The molecule has 1 heterocycles. The fourth-order valence-corrected chi connectivity index (χ4v) is 6.30. The lowest BCUT2D eigenvalue weighted by Crippen LogP contribution is -2.59. The van der Waals surface area contributed by atoms with Gasteiger partial charge in [0.05, 0.1) is 5.41 Å². The van der Waals surface area contributed by atoms with Gasteiger partial charge in [0.25, 0.3) is 0 Å². The molecule has 20 heavy (non-hydrogen) atoms. The van der Waals surface area contributed by atoms with Gasteiger partial charge in [-0.2, -0.15) is 0 Å². The Kier molecular flexibility index (Phi) is 2.93. The van der Waals surface area contributed by atoms with Crippen molar-refractivity contribution in [1.82, 2.24) is 10.6 Å². The van der Waals surface area contributed by atoms with Crippen LogP contribution < -0.4 is 10.6 Å². The average molecular weight is 276 g/mol. The Labute approximate surface area is 122 Å². The molecule has 4 bridgehead atoms. The maximum atomic E-state index is 13.0. The third-order valence-electron chi connectivity index (χ3n) is 6.47. The standard InChI is InChI=1S/C17H28N2O/c1-16-6-12-5-13(7-16)9-17(8-12,11-16)15(20)19-14-3-2-4-18-10-14/h12-14,18H,2-11H2,1H3,(H,19,20)/t12?,13?,14-,16?,17?/m0/s1. The van der Waals surface area contributed by atoms with E-state index in [1.54, 1.807) is 0 Å². The van der Waals surface area contributed by atoms with Crippen LogP contribution in [0.2, 0.25) is 0 Å². The number of hydrogen-bond donors (Lipinski definition) is 2. The van der Waals surface area contributed by atoms with Crippen molar-refractivity contribution >= 4 is 5.91 Å². The van der Waals surface area contributed by atoms with E-state index in [0.29, 0.717) is 17.4 Å². The van der Waals surface area contributed by atoms with E-state index in [0.717, 1.165) is 37.8 Å². The minimum atomic E-state index is -0.00369. The molecular weight excluding hydrogens is 248 g/mol. The van der Waals surface area contributed by atoms with E-state index in [2.05, 4.69) is 17.6 Å². The number of carbonyl (C=O) groups is 1. The molecule has 0 aromatic heterocycles. The lowest BCUT2D eigenvalue weighted by molar-refractivity contribution is -0.156. The van der Waals surface area contributed by atoms with Crippen LogP contribution in [0.25, 0.3) is 0 Å². The van der Waals surface area contributed by atoms with Gasteiger partial charge in [-0.05, 0) is 75.2 Å². The van der Waals surface area contributed by atoms with Crippen LogP contribution >= 0.6 is 0 Å². The summed E-state index contributed by atoms with van der Waals surface area (Å²) in [5.74, 6) is 2.06. The summed E-state index contributed by atoms with van der Waals surface area (Å²) in [6.07, 6.45) is 10.00. The molecule has 1 aliphatic heterocycles. The first-order chi connectivity index (χ1) is 9.57. The van der Waals surface area contributed by atoms with Crippen molar-refractivity contribution in [3.8, 4) is 0 Å². The zero-order chi connectivity index (χ0) is 13.8. The van der Waals surface area contributed by atoms with Crippen molar-refractivity contribution in [3.05, 3.63) is 0 Å². The fraction of sp³-hybridized carbons (Fsp3) is 0.941. The molecule has 5 rings (SSSR count). The Hall–Kier alpha value is -0.570. The lowest BCUT2D eigenvalue weighted by Gasteiger charge is -2.60. The number of carbonyl (C=O) groups excluding carboxylic acids is 1. The van der Waals surface area contributed by atoms with Crippen molar-refractivity contribution in [2.45, 2.75) is 64.3 Å². The molecule has 112 valence electrons. The highest BCUT2D eigenvalue weighted by atomic mass is 16.2. The van der Waals surface area contributed by atoms with Crippen LogP contribution in [0.3, 0.4) is 0 Å². The van der Waals surface area contributed by atoms with Crippen LogP contribution in [0.5, 0.6) is 0 Å². The number of amides is 1. The molecule has 5 fully saturated rings. The normalized spacial score (nSPS) is 50.1. The van der Waals surface area contributed by atoms with Crippen LogP contribution in [0.4, 0.5) is 0 Å². The number of piperidine rings is 1. The highest BCUT2D eigenvalue weighted by molar-refractivity contribution is 5.83. The SMILES string of the molecule is CC12CC3CC(C1)CC(C(=O)N[C@H]1CCCNC1)(C3)C2. The van der Waals surface area contributed by atoms with Gasteiger partial charge in [-0.15, -0.1) is 0 Å². The molecule has 0 spiro atoms. The molecule has 4 aliphatic carbocycles. The summed E-state index contributed by atoms with van der Waals surface area (Å²) < 4.78 is 0. The Morgan fingerprint density at radius 3 is 2.55 bits per heavy atom. The predicted octanol–water partition coefficient (Wildman–Crippen LogP) is 2.46. The Morgan fingerprint density at radius 1 is 1.20 bits per heavy atom. The first kappa shape index (κ1) is 13.1. The van der Waals surface area contributed by atoms with Gasteiger partial charge in [-0.3, -0.25) is 4.79 Å². The quantitative estimate of drug-likeness (QED) is 0.813. The fourth-order valence-electron chi connectivity index (χ4n) is 6.30. The van der Waals surface area contributed by atoms with Crippen molar-refractivity contribution in [1.29, 1.82) is 0 Å². The van der Waals surface area contributed by atoms with Crippen molar-refractivity contribution < 1.29 is 4.79 Å². The Bertz CT molecular complexity index is 399. The highest BCUT2D eigenvalue weighted by Crippen LogP contribution is 2.65. The van der Waals surface area contributed by atoms with Crippen LogP contribution in [-0.4, -0.2) is 25.0 Å². The molecule has 4 saturated carbocycles. The topological polar surface area (TPSA) is 41.1 Å². The van der Waals surface area contributed by atoms with E-state index < -0.39 is 0 Å². The molecule has 0 aromatic rings. The molecule has 3 nitrogen and oxygen atoms in total. The third-order valence-corrected chi connectivity index (χ3v) is 6.47. The van der Waals surface area contributed by atoms with E-state index in [1.165, 1.54) is 38.5 Å². The molecule has 2 N–H and O–H groups in total. The molecule has 2 unspecified atom stereocenters. The van der Waals surface area contributed by atoms with E-state index in [-0.39, 0.29) is 5.41 Å². The van der Waals surface area contributed by atoms with Crippen LogP contribution in [0.1, 0.15) is 58.3 Å². The largest absolute Gasteiger partial charge is 0.352 e. The van der Waals surface area contributed by atoms with Crippen LogP contribution in [-0.2, 0) is 4.79 Å². The Morgan fingerprint density at radius 2 is 1.95 bits per heavy atom. The van der Waals surface area contributed by atoms with Gasteiger partial charge in [-0.25, -0.2) is 0 Å². The molecule has 3 heteroatoms. The summed E-state index contributed by atoms with van der Waals surface area (Å²) in [5, 5.41) is 6.80. The summed E-state index contributed by atoms with van der Waals surface area (Å²) in [5.41, 5.74) is 0.461. The minimum absolute atomic E-state index is 0.00369. The summed E-state index contributed by atoms with van der Waals surface area (Å²) >= 11 is 0. The molecule has 0 aromatic carbocycles. The van der Waals surface area contributed by atoms with E-state index in [4.69, 9.17) is 0 Å². The second-order valence-corrected chi connectivity index (χ2v) is 8.57. The predicted molar refractivity (Wildman–Crippen MR) is 79.3 cm³/mol. The van der Waals surface area contributed by atoms with Crippen LogP contribution in [0, 0.1) is 22.7 Å². The molecule has 5 aliphatic rings. The molecule has 1 amide bonds. The van der Waals surface area contributed by atoms with Gasteiger partial charge in [0.15, 0.2) is 0 Å². The lowest BCUT2D eigenvalue weighted by atomic mass is 9.44. The summed E-state index contributed by atoms with van der Waals surface area (Å²) in [6.45, 7) is 4.51. The third kappa shape index (κ3) is 2.09. The first-order valence-corrected chi connectivity index (χ1v) is 8.59. The maximum absolute atomic E-state index is 13.0. The smallest absolute Gasteiger partial charge is 0.226 e. The first-order valence-electron chi connectivity index (χ1n) is 8.59. The zero-order valence-corrected chi connectivity index (χ0v) is 12.7. The molecule has 0 radical (unpaired) electrons. The molecule has 3 atom stereocenters. The van der Waals surface area contributed by atoms with E-state index in [1.807, 2.05) is 0 Å². The average Bonchev–Trinajstić information content (AvgIpc) is 2.37. The highest BCUT2D eigenvalue weighted by Gasteiger charge is 2.58. The number of hydrogen-bond acceptors (Lipinski definition) is 2. The molecular formula is C17H28N2O. The van der Waals surface area contributed by atoms with E-state index in [9.17, 15) is 4.79 Å². The van der Waals surface area contributed by atoms with Crippen molar-refractivity contribution in [2.24, 2.45) is 22.7 Å². The maximum Gasteiger partial charge on any atom is 0.226 e. The minimum Gasteiger partial charge on any atom is -0.352 e. The summed E-state index contributed by atoms with van der Waals surface area (Å²) in [4.78, 5) is 13.0. The van der Waals surface area contributed by atoms with Gasteiger partial charge in [-0.1, -0.05) is 6.92 Å². The van der Waals surface area contributed by atoms with Gasteiger partial charge < -0.3 is 10.6 Å². The summed E-state index contributed by atoms with van der Waals surface area (Å²) in [6, 6.07) is 0.372. The van der Waals surface area contributed by atoms with Crippen molar-refractivity contribution in [3.63, 3.8) is 0 Å². The summed E-state index contributed by atoms with van der Waals surface area (Å²) in [7, 11) is 0.